The average molecular weight is 465 g/mol. The summed E-state index contributed by atoms with van der Waals surface area (Å²) >= 11 is 0. The summed E-state index contributed by atoms with van der Waals surface area (Å²) in [5.74, 6) is -0.221. The SMILES string of the molecule is Cc1cc(-c2cc(C(=O)OC(C)C(=O)NC(C)c3ccc(F)cc3)c3c(C)noc3n2)c(C)o1. The van der Waals surface area contributed by atoms with Crippen LogP contribution in [0.2, 0.25) is 0 Å². The van der Waals surface area contributed by atoms with Gasteiger partial charge in [-0.15, -0.1) is 0 Å². The van der Waals surface area contributed by atoms with E-state index in [-0.39, 0.29) is 17.1 Å². The first-order valence-electron chi connectivity index (χ1n) is 10.7. The van der Waals surface area contributed by atoms with Crippen molar-refractivity contribution in [2.75, 3.05) is 0 Å². The Labute approximate surface area is 195 Å². The molecule has 4 rings (SSSR count). The number of ether oxygens (including phenoxy) is 1. The van der Waals surface area contributed by atoms with Gasteiger partial charge in [-0.25, -0.2) is 14.2 Å². The second-order valence-corrected chi connectivity index (χ2v) is 8.16. The van der Waals surface area contributed by atoms with Crippen molar-refractivity contribution in [2.24, 2.45) is 0 Å². The lowest BCUT2D eigenvalue weighted by Gasteiger charge is -2.18. The van der Waals surface area contributed by atoms with E-state index in [0.717, 1.165) is 5.56 Å². The lowest BCUT2D eigenvalue weighted by Crippen LogP contribution is -2.37. The van der Waals surface area contributed by atoms with Gasteiger partial charge in [0.15, 0.2) is 6.10 Å². The summed E-state index contributed by atoms with van der Waals surface area (Å²) in [6.07, 6.45) is -1.08. The van der Waals surface area contributed by atoms with Gasteiger partial charge in [-0.1, -0.05) is 17.3 Å². The van der Waals surface area contributed by atoms with Gasteiger partial charge < -0.3 is 19.0 Å². The highest BCUT2D eigenvalue weighted by molar-refractivity contribution is 6.05. The fourth-order valence-electron chi connectivity index (χ4n) is 3.72. The van der Waals surface area contributed by atoms with E-state index < -0.39 is 24.0 Å². The zero-order chi connectivity index (χ0) is 24.6. The van der Waals surface area contributed by atoms with Gasteiger partial charge in [-0.2, -0.15) is 0 Å². The highest BCUT2D eigenvalue weighted by atomic mass is 19.1. The third-order valence-corrected chi connectivity index (χ3v) is 5.54. The van der Waals surface area contributed by atoms with E-state index in [1.54, 1.807) is 39.0 Å². The molecule has 1 amide bonds. The average Bonchev–Trinajstić information content (AvgIpc) is 3.34. The Kier molecular flexibility index (Phi) is 6.19. The molecular weight excluding hydrogens is 441 g/mol. The molecule has 0 spiro atoms. The number of furan rings is 1. The quantitative estimate of drug-likeness (QED) is 0.401. The molecule has 0 radical (unpaired) electrons. The minimum Gasteiger partial charge on any atom is -0.466 e. The van der Waals surface area contributed by atoms with Crippen LogP contribution >= 0.6 is 0 Å². The molecule has 1 aromatic carbocycles. The van der Waals surface area contributed by atoms with Crippen LogP contribution in [-0.2, 0) is 9.53 Å². The van der Waals surface area contributed by atoms with Crippen molar-refractivity contribution in [1.29, 1.82) is 0 Å². The standard InChI is InChI=1S/C25H24FN3O5/c1-12-10-19(15(4)32-12)21-11-20(22-14(3)29-34-24(22)28-21)25(31)33-16(5)23(30)27-13(2)17-6-8-18(26)9-7-17/h6-11,13,16H,1-5H3,(H,27,30). The molecule has 4 aromatic rings. The van der Waals surface area contributed by atoms with Crippen LogP contribution < -0.4 is 5.32 Å². The van der Waals surface area contributed by atoms with Gasteiger partial charge >= 0.3 is 5.97 Å². The van der Waals surface area contributed by atoms with Crippen LogP contribution in [0.25, 0.3) is 22.4 Å². The number of fused-ring (bicyclic) bond motifs is 1. The summed E-state index contributed by atoms with van der Waals surface area (Å²) in [6.45, 7) is 8.54. The van der Waals surface area contributed by atoms with Crippen LogP contribution in [-0.4, -0.2) is 28.1 Å². The number of pyridine rings is 1. The summed E-state index contributed by atoms with van der Waals surface area (Å²) in [7, 11) is 0. The Morgan fingerprint density at radius 1 is 1.09 bits per heavy atom. The smallest absolute Gasteiger partial charge is 0.339 e. The molecule has 3 aromatic heterocycles. The van der Waals surface area contributed by atoms with E-state index in [1.165, 1.54) is 19.1 Å². The van der Waals surface area contributed by atoms with E-state index in [0.29, 0.717) is 33.9 Å². The summed E-state index contributed by atoms with van der Waals surface area (Å²) in [4.78, 5) is 30.3. The largest absolute Gasteiger partial charge is 0.466 e. The fourth-order valence-corrected chi connectivity index (χ4v) is 3.72. The molecule has 176 valence electrons. The number of hydrogen-bond acceptors (Lipinski definition) is 7. The van der Waals surface area contributed by atoms with Crippen LogP contribution in [0, 0.1) is 26.6 Å². The zero-order valence-electron chi connectivity index (χ0n) is 19.4. The van der Waals surface area contributed by atoms with Gasteiger partial charge in [0.25, 0.3) is 11.6 Å². The van der Waals surface area contributed by atoms with E-state index in [9.17, 15) is 14.0 Å². The lowest BCUT2D eigenvalue weighted by atomic mass is 10.1. The number of benzene rings is 1. The molecule has 2 atom stereocenters. The first-order valence-corrected chi connectivity index (χ1v) is 10.7. The number of carbonyl (C=O) groups is 2. The van der Waals surface area contributed by atoms with Crippen molar-refractivity contribution in [1.82, 2.24) is 15.5 Å². The third-order valence-electron chi connectivity index (χ3n) is 5.54. The Bertz CT molecular complexity index is 1370. The topological polar surface area (TPSA) is 107 Å². The normalized spacial score (nSPS) is 13.0. The minimum absolute atomic E-state index is 0.183. The number of rotatable bonds is 6. The summed E-state index contributed by atoms with van der Waals surface area (Å²) in [5, 5.41) is 7.10. The molecule has 0 saturated carbocycles. The van der Waals surface area contributed by atoms with Gasteiger partial charge in [-0.3, -0.25) is 4.79 Å². The third kappa shape index (κ3) is 4.54. The van der Waals surface area contributed by atoms with Gasteiger partial charge in [-0.05, 0) is 64.4 Å². The monoisotopic (exact) mass is 465 g/mol. The molecule has 8 nitrogen and oxygen atoms in total. The number of halogens is 1. The summed E-state index contributed by atoms with van der Waals surface area (Å²) in [6, 6.07) is 8.80. The van der Waals surface area contributed by atoms with Crippen LogP contribution in [0.1, 0.15) is 53.0 Å². The predicted octanol–water partition coefficient (Wildman–Crippen LogP) is 4.97. The van der Waals surface area contributed by atoms with Crippen molar-refractivity contribution in [3.63, 3.8) is 0 Å². The molecule has 3 heterocycles. The number of nitrogens with zero attached hydrogens (tertiary/aromatic N) is 2. The number of hydrogen-bond donors (Lipinski definition) is 1. The molecule has 1 N–H and O–H groups in total. The molecule has 0 aliphatic carbocycles. The number of esters is 1. The zero-order valence-corrected chi connectivity index (χ0v) is 19.4. The number of aryl methyl sites for hydroxylation is 3. The molecule has 0 aliphatic rings. The van der Waals surface area contributed by atoms with Crippen molar-refractivity contribution < 1.29 is 27.7 Å². The molecule has 0 bridgehead atoms. The predicted molar refractivity (Wildman–Crippen MR) is 122 cm³/mol. The second-order valence-electron chi connectivity index (χ2n) is 8.16. The van der Waals surface area contributed by atoms with Gasteiger partial charge in [0, 0.05) is 5.56 Å². The van der Waals surface area contributed by atoms with Crippen molar-refractivity contribution >= 4 is 23.0 Å². The molecule has 9 heteroatoms. The van der Waals surface area contributed by atoms with Crippen molar-refractivity contribution in [2.45, 2.75) is 46.8 Å². The molecule has 0 aliphatic heterocycles. The van der Waals surface area contributed by atoms with E-state index >= 15 is 0 Å². The second kappa shape index (κ2) is 9.09. The number of carbonyl (C=O) groups excluding carboxylic acids is 2. The van der Waals surface area contributed by atoms with Gasteiger partial charge in [0.05, 0.1) is 28.4 Å². The van der Waals surface area contributed by atoms with Gasteiger partial charge in [0.2, 0.25) is 0 Å². The van der Waals surface area contributed by atoms with Crippen LogP contribution in [0.15, 0.2) is 45.3 Å². The highest BCUT2D eigenvalue weighted by Gasteiger charge is 2.26. The van der Waals surface area contributed by atoms with Crippen molar-refractivity contribution in [3.05, 3.63) is 70.6 Å². The van der Waals surface area contributed by atoms with E-state index in [4.69, 9.17) is 13.7 Å². The number of nitrogens with one attached hydrogen (secondary N) is 1. The van der Waals surface area contributed by atoms with Crippen LogP contribution in [0.4, 0.5) is 4.39 Å². The lowest BCUT2D eigenvalue weighted by molar-refractivity contribution is -0.129. The molecule has 0 fully saturated rings. The number of amides is 1. The Morgan fingerprint density at radius 2 is 1.79 bits per heavy atom. The molecule has 0 saturated heterocycles. The Morgan fingerprint density at radius 3 is 2.44 bits per heavy atom. The maximum absolute atomic E-state index is 13.2. The van der Waals surface area contributed by atoms with Crippen LogP contribution in [0.3, 0.4) is 0 Å². The molecule has 34 heavy (non-hydrogen) atoms. The molecule has 2 unspecified atom stereocenters. The van der Waals surface area contributed by atoms with Crippen LogP contribution in [0.5, 0.6) is 0 Å². The van der Waals surface area contributed by atoms with Crippen molar-refractivity contribution in [3.8, 4) is 11.3 Å². The molecular formula is C25H24FN3O5. The highest BCUT2D eigenvalue weighted by Crippen LogP contribution is 2.31. The van der Waals surface area contributed by atoms with E-state index in [2.05, 4.69) is 15.5 Å². The minimum atomic E-state index is -1.08. The number of aromatic nitrogens is 2. The maximum Gasteiger partial charge on any atom is 0.339 e. The first-order chi connectivity index (χ1) is 16.1. The first kappa shape index (κ1) is 23.2. The Balaban J connectivity index is 1.57. The maximum atomic E-state index is 13.2. The Hall–Kier alpha value is -4.01. The summed E-state index contributed by atoms with van der Waals surface area (Å²) < 4.78 is 29.5. The summed E-state index contributed by atoms with van der Waals surface area (Å²) in [5.41, 5.74) is 2.74. The van der Waals surface area contributed by atoms with E-state index in [1.807, 2.05) is 13.0 Å². The fraction of sp³-hybridized carbons (Fsp3) is 0.280. The van der Waals surface area contributed by atoms with Gasteiger partial charge in [0.1, 0.15) is 17.3 Å².